The Balaban J connectivity index is 1.52. The van der Waals surface area contributed by atoms with E-state index in [-0.39, 0.29) is 48.6 Å². The number of para-hydroxylation sites is 1. The summed E-state index contributed by atoms with van der Waals surface area (Å²) in [5.74, 6) is -7.11. The van der Waals surface area contributed by atoms with Crippen molar-refractivity contribution in [1.82, 2.24) is 4.90 Å². The molecule has 49 heavy (non-hydrogen) atoms. The predicted octanol–water partition coefficient (Wildman–Crippen LogP) is 3.86. The van der Waals surface area contributed by atoms with Gasteiger partial charge in [0.25, 0.3) is 11.8 Å². The molecule has 2 aliphatic heterocycles. The van der Waals surface area contributed by atoms with Gasteiger partial charge in [-0.25, -0.2) is 4.90 Å². The minimum atomic E-state index is -2.10. The van der Waals surface area contributed by atoms with Gasteiger partial charge in [-0.05, 0) is 24.8 Å². The monoisotopic (exact) mass is 779 g/mol. The number of likely N-dealkylation sites (tertiary alicyclic amines) is 1. The summed E-state index contributed by atoms with van der Waals surface area (Å²) in [4.78, 5) is 77.4. The molecule has 4 aliphatic rings. The maximum absolute atomic E-state index is 14.4. The number of anilines is 2. The highest BCUT2D eigenvalue weighted by atomic mass is 79.9. The quantitative estimate of drug-likeness (QED) is 0.0970. The van der Waals surface area contributed by atoms with Crippen LogP contribution in [0.2, 0.25) is 0 Å². The molecule has 18 heteroatoms. The molecule has 2 aromatic carbocycles. The summed E-state index contributed by atoms with van der Waals surface area (Å²) in [5, 5.41) is 33.6. The lowest BCUT2D eigenvalue weighted by Gasteiger charge is -2.51. The summed E-state index contributed by atoms with van der Waals surface area (Å²) in [6.07, 6.45) is 1.37. The SMILES string of the molecule is CN(C)c1c([N+](=O)[O-])cc(N2C(=O)[C@H]3[C@H](CC=C4[C@H]3C[C@@]3(Cl)C(=O)N(CBr)C(=O)[C@@]3(Cl)[C@H]4c3ccccc3OCCO)C2=O)cc1[N+](=O)[O-]. The second-order valence-electron chi connectivity index (χ2n) is 12.3. The number of fused-ring (bicyclic) bond motifs is 4. The fraction of sp³-hybridized carbons (Fsp3) is 0.419. The number of ether oxygens (including phenoxy) is 1. The van der Waals surface area contributed by atoms with Crippen LogP contribution in [-0.2, 0) is 19.2 Å². The van der Waals surface area contributed by atoms with Crippen molar-refractivity contribution in [1.29, 1.82) is 0 Å². The first-order chi connectivity index (χ1) is 23.1. The van der Waals surface area contributed by atoms with Gasteiger partial charge < -0.3 is 14.7 Å². The van der Waals surface area contributed by atoms with Crippen LogP contribution in [0.25, 0.3) is 0 Å². The molecule has 0 radical (unpaired) electrons. The summed E-state index contributed by atoms with van der Waals surface area (Å²) in [5.41, 5.74) is -1.43. The Morgan fingerprint density at radius 3 is 2.22 bits per heavy atom. The number of imide groups is 2. The van der Waals surface area contributed by atoms with E-state index in [0.717, 1.165) is 17.0 Å². The van der Waals surface area contributed by atoms with Crippen LogP contribution in [0, 0.1) is 38.0 Å². The Bertz CT molecular complexity index is 1840. The Kier molecular flexibility index (Phi) is 8.74. The lowest BCUT2D eigenvalue weighted by molar-refractivity contribution is -0.392. The third kappa shape index (κ3) is 4.86. The number of aliphatic hydroxyl groups is 1. The predicted molar refractivity (Wildman–Crippen MR) is 179 cm³/mol. The van der Waals surface area contributed by atoms with Gasteiger partial charge in [0.15, 0.2) is 15.4 Å². The number of hydrogen-bond acceptors (Lipinski definition) is 11. The van der Waals surface area contributed by atoms with Crippen molar-refractivity contribution in [3.63, 3.8) is 0 Å². The molecule has 15 nitrogen and oxygen atoms in total. The van der Waals surface area contributed by atoms with Crippen LogP contribution in [0.1, 0.15) is 24.3 Å². The number of benzene rings is 2. The molecule has 0 spiro atoms. The average Bonchev–Trinajstić information content (AvgIpc) is 3.40. The number of nitro benzene ring substituents is 2. The molecule has 2 aromatic rings. The van der Waals surface area contributed by atoms with Gasteiger partial charge in [-0.3, -0.25) is 44.3 Å². The van der Waals surface area contributed by atoms with Crippen molar-refractivity contribution in [2.24, 2.45) is 17.8 Å². The second kappa shape index (κ2) is 12.3. The van der Waals surface area contributed by atoms with Crippen molar-refractivity contribution in [3.05, 3.63) is 73.8 Å². The van der Waals surface area contributed by atoms with Crippen LogP contribution in [0.4, 0.5) is 22.7 Å². The second-order valence-corrected chi connectivity index (χ2v) is 14.1. The van der Waals surface area contributed by atoms with Gasteiger partial charge in [-0.2, -0.15) is 0 Å². The highest BCUT2D eigenvalue weighted by Crippen LogP contribution is 2.66. The van der Waals surface area contributed by atoms with E-state index < -0.39 is 78.3 Å². The lowest BCUT2D eigenvalue weighted by Crippen LogP contribution is -2.60. The summed E-state index contributed by atoms with van der Waals surface area (Å²) in [6.45, 7) is -0.432. The summed E-state index contributed by atoms with van der Waals surface area (Å²) in [6, 6.07) is 8.47. The third-order valence-corrected chi connectivity index (χ3v) is 11.7. The smallest absolute Gasteiger partial charge is 0.301 e. The van der Waals surface area contributed by atoms with Crippen molar-refractivity contribution >= 4 is 85.5 Å². The number of nitro groups is 2. The van der Waals surface area contributed by atoms with E-state index in [1.54, 1.807) is 30.3 Å². The van der Waals surface area contributed by atoms with Crippen LogP contribution in [-0.4, -0.2) is 86.0 Å². The first kappa shape index (κ1) is 34.7. The van der Waals surface area contributed by atoms with Crippen LogP contribution < -0.4 is 14.5 Å². The number of alkyl halides is 3. The maximum Gasteiger partial charge on any atom is 0.301 e. The van der Waals surface area contributed by atoms with E-state index in [9.17, 15) is 44.5 Å². The number of hydrogen-bond donors (Lipinski definition) is 1. The molecule has 0 aromatic heterocycles. The number of allylic oxidation sites excluding steroid dienone is 2. The van der Waals surface area contributed by atoms with Gasteiger partial charge in [0.1, 0.15) is 12.4 Å². The standard InChI is InChI=1S/C31H28BrCl2N5O10/c1-35(2)25-20(38(45)46)11-15(12-21(25)39(47)48)37-26(41)18-8-7-16-19(23(18)27(37)42)13-30(33)28(43)36(14-32)29(44)31(30,34)24(16)17-5-3-4-6-22(17)49-10-9-40/h3-7,11-12,18-19,23-24,40H,8-10,13-14H2,1-2H3/t18-,19+,23-,24+,30+,31-/m0/s1. The summed E-state index contributed by atoms with van der Waals surface area (Å²) >= 11 is 17.7. The number of rotatable bonds is 9. The van der Waals surface area contributed by atoms with Gasteiger partial charge >= 0.3 is 11.4 Å². The zero-order chi connectivity index (χ0) is 35.7. The molecule has 1 saturated carbocycles. The number of carbonyl (C=O) groups excluding carboxylic acids is 4. The topological polar surface area (TPSA) is 194 Å². The molecule has 2 heterocycles. The molecular formula is C31H28BrCl2N5O10. The number of carbonyl (C=O) groups is 4. The number of amides is 4. The Labute approximate surface area is 296 Å². The molecule has 0 bridgehead atoms. The summed E-state index contributed by atoms with van der Waals surface area (Å²) < 4.78 is 5.81. The van der Waals surface area contributed by atoms with E-state index in [0.29, 0.717) is 16.0 Å². The first-order valence-corrected chi connectivity index (χ1v) is 16.9. The molecular weight excluding hydrogens is 753 g/mol. The molecule has 258 valence electrons. The molecule has 2 aliphatic carbocycles. The minimum Gasteiger partial charge on any atom is -0.491 e. The fourth-order valence-corrected chi connectivity index (χ4v) is 9.23. The van der Waals surface area contributed by atoms with E-state index in [2.05, 4.69) is 15.9 Å². The van der Waals surface area contributed by atoms with Crippen molar-refractivity contribution in [2.75, 3.05) is 42.6 Å². The van der Waals surface area contributed by atoms with E-state index in [1.165, 1.54) is 19.0 Å². The van der Waals surface area contributed by atoms with Gasteiger partial charge in [-0.1, -0.05) is 45.8 Å². The Hall–Kier alpha value is -4.12. The van der Waals surface area contributed by atoms with Crippen LogP contribution in [0.15, 0.2) is 48.0 Å². The van der Waals surface area contributed by atoms with Crippen molar-refractivity contribution < 1.29 is 38.9 Å². The van der Waals surface area contributed by atoms with Crippen molar-refractivity contribution in [2.45, 2.75) is 28.5 Å². The van der Waals surface area contributed by atoms with E-state index in [4.69, 9.17) is 27.9 Å². The van der Waals surface area contributed by atoms with Crippen molar-refractivity contribution in [3.8, 4) is 5.75 Å². The Morgan fingerprint density at radius 2 is 1.65 bits per heavy atom. The van der Waals surface area contributed by atoms with Gasteiger partial charge in [0.05, 0.1) is 39.4 Å². The van der Waals surface area contributed by atoms with Crippen LogP contribution in [0.5, 0.6) is 5.75 Å². The van der Waals surface area contributed by atoms with E-state index in [1.807, 2.05) is 0 Å². The number of nitrogens with zero attached hydrogens (tertiary/aromatic N) is 5. The third-order valence-electron chi connectivity index (χ3n) is 9.75. The van der Waals surface area contributed by atoms with Gasteiger partial charge in [0.2, 0.25) is 11.8 Å². The largest absolute Gasteiger partial charge is 0.491 e. The van der Waals surface area contributed by atoms with Gasteiger partial charge in [-0.15, -0.1) is 23.2 Å². The molecule has 4 amide bonds. The molecule has 6 rings (SSSR count). The zero-order valence-corrected chi connectivity index (χ0v) is 29.0. The summed E-state index contributed by atoms with van der Waals surface area (Å²) in [7, 11) is 2.78. The highest BCUT2D eigenvalue weighted by molar-refractivity contribution is 9.09. The molecule has 2 saturated heterocycles. The van der Waals surface area contributed by atoms with Crippen LogP contribution >= 0.6 is 39.1 Å². The zero-order valence-electron chi connectivity index (χ0n) is 25.9. The molecule has 0 unspecified atom stereocenters. The van der Waals surface area contributed by atoms with E-state index >= 15 is 0 Å². The first-order valence-electron chi connectivity index (χ1n) is 15.0. The highest BCUT2D eigenvalue weighted by Gasteiger charge is 2.76. The molecule has 6 atom stereocenters. The average molecular weight is 781 g/mol. The number of halogens is 3. The maximum atomic E-state index is 14.4. The van der Waals surface area contributed by atoms with Crippen LogP contribution in [0.3, 0.4) is 0 Å². The molecule has 1 N–H and O–H groups in total. The Morgan fingerprint density at radius 1 is 1.02 bits per heavy atom. The normalized spacial score (nSPS) is 29.0. The fourth-order valence-electron chi connectivity index (χ4n) is 7.81. The lowest BCUT2D eigenvalue weighted by atomic mass is 9.56. The van der Waals surface area contributed by atoms with Gasteiger partial charge in [0, 0.05) is 37.7 Å². The molecule has 3 fully saturated rings. The minimum absolute atomic E-state index is 0.0136. The number of aliphatic hydroxyl groups excluding tert-OH is 1.